The second-order valence-corrected chi connectivity index (χ2v) is 6.13. The van der Waals surface area contributed by atoms with Crippen LogP contribution in [0.25, 0.3) is 0 Å². The van der Waals surface area contributed by atoms with E-state index in [1.54, 1.807) is 12.1 Å². The Bertz CT molecular complexity index is 701. The summed E-state index contributed by atoms with van der Waals surface area (Å²) in [6.07, 6.45) is 0. The van der Waals surface area contributed by atoms with Gasteiger partial charge in [-0.25, -0.2) is 0 Å². The van der Waals surface area contributed by atoms with Crippen LogP contribution in [0, 0.1) is 6.92 Å². The summed E-state index contributed by atoms with van der Waals surface area (Å²) in [7, 11) is 0. The number of ether oxygens (including phenoxy) is 1. The van der Waals surface area contributed by atoms with Gasteiger partial charge in [0.05, 0.1) is 11.3 Å². The van der Waals surface area contributed by atoms with Crippen molar-refractivity contribution in [2.75, 3.05) is 5.73 Å². The van der Waals surface area contributed by atoms with E-state index in [0.717, 1.165) is 15.6 Å². The van der Waals surface area contributed by atoms with Crippen molar-refractivity contribution in [2.24, 2.45) is 0 Å². The number of anilines is 1. The molecule has 0 saturated heterocycles. The summed E-state index contributed by atoms with van der Waals surface area (Å²) in [4.78, 5) is 11.7. The minimum absolute atomic E-state index is 0.104. The zero-order valence-corrected chi connectivity index (χ0v) is 14.1. The Morgan fingerprint density at radius 3 is 2.67 bits per heavy atom. The molecular formula is C16H15BrClNO2. The molecule has 0 saturated carbocycles. The normalized spacial score (nSPS) is 10.5. The van der Waals surface area contributed by atoms with Gasteiger partial charge in [0.2, 0.25) is 0 Å². The molecule has 2 rings (SSSR count). The number of halogens is 2. The molecule has 0 amide bonds. The van der Waals surface area contributed by atoms with Crippen LogP contribution >= 0.6 is 27.5 Å². The molecule has 0 aromatic heterocycles. The fourth-order valence-electron chi connectivity index (χ4n) is 1.96. The fourth-order valence-corrected chi connectivity index (χ4v) is 2.72. The van der Waals surface area contributed by atoms with E-state index < -0.39 is 0 Å². The molecule has 5 heteroatoms. The van der Waals surface area contributed by atoms with Crippen molar-refractivity contribution in [1.29, 1.82) is 0 Å². The van der Waals surface area contributed by atoms with Crippen LogP contribution in [-0.4, -0.2) is 5.78 Å². The lowest BCUT2D eigenvalue weighted by Gasteiger charge is -2.14. The summed E-state index contributed by atoms with van der Waals surface area (Å²) >= 11 is 9.50. The Kier molecular flexibility index (Phi) is 4.91. The molecular weight excluding hydrogens is 354 g/mol. The summed E-state index contributed by atoms with van der Waals surface area (Å²) in [5.74, 6) is 0.287. The van der Waals surface area contributed by atoms with E-state index in [2.05, 4.69) is 15.9 Å². The first-order valence-corrected chi connectivity index (χ1v) is 7.53. The molecule has 2 N–H and O–H groups in total. The number of ketones is 1. The summed E-state index contributed by atoms with van der Waals surface area (Å²) in [5.41, 5.74) is 8.74. The molecule has 0 fully saturated rings. The monoisotopic (exact) mass is 367 g/mol. The third kappa shape index (κ3) is 3.77. The Hall–Kier alpha value is -1.52. The number of nitrogen functional groups attached to an aromatic ring is 1. The van der Waals surface area contributed by atoms with Gasteiger partial charge in [-0.15, -0.1) is 0 Å². The maximum Gasteiger partial charge on any atom is 0.163 e. The highest BCUT2D eigenvalue weighted by Crippen LogP contribution is 2.32. The predicted molar refractivity (Wildman–Crippen MR) is 89.1 cm³/mol. The number of Topliss-reactive ketones (excluding diaryl/α,β-unsaturated/α-hetero) is 1. The minimum Gasteiger partial charge on any atom is -0.486 e. The number of carbonyl (C=O) groups is 1. The van der Waals surface area contributed by atoms with Crippen LogP contribution in [0.4, 0.5) is 5.69 Å². The number of benzene rings is 2. The van der Waals surface area contributed by atoms with Crippen molar-refractivity contribution in [3.05, 3.63) is 56.5 Å². The van der Waals surface area contributed by atoms with Crippen LogP contribution in [0.1, 0.15) is 28.4 Å². The highest BCUT2D eigenvalue weighted by atomic mass is 79.9. The number of hydrogen-bond donors (Lipinski definition) is 1. The average Bonchev–Trinajstić information content (AvgIpc) is 2.38. The number of rotatable bonds is 4. The molecule has 0 bridgehead atoms. The van der Waals surface area contributed by atoms with Gasteiger partial charge in [-0.3, -0.25) is 4.79 Å². The van der Waals surface area contributed by atoms with Crippen molar-refractivity contribution in [1.82, 2.24) is 0 Å². The van der Waals surface area contributed by atoms with Gasteiger partial charge in [0, 0.05) is 15.1 Å². The summed E-state index contributed by atoms with van der Waals surface area (Å²) < 4.78 is 6.48. The molecule has 0 aliphatic rings. The molecule has 110 valence electrons. The molecule has 0 aliphatic heterocycles. The lowest BCUT2D eigenvalue weighted by Crippen LogP contribution is -2.05. The van der Waals surface area contributed by atoms with Gasteiger partial charge in [-0.2, -0.15) is 0 Å². The number of hydrogen-bond acceptors (Lipinski definition) is 3. The van der Waals surface area contributed by atoms with E-state index in [4.69, 9.17) is 22.1 Å². The highest BCUT2D eigenvalue weighted by molar-refractivity contribution is 9.10. The van der Waals surface area contributed by atoms with E-state index in [9.17, 15) is 4.79 Å². The molecule has 0 radical (unpaired) electrons. The summed E-state index contributed by atoms with van der Waals surface area (Å²) in [6, 6.07) is 9.14. The molecule has 0 unspecified atom stereocenters. The van der Waals surface area contributed by atoms with E-state index in [1.165, 1.54) is 6.92 Å². The van der Waals surface area contributed by atoms with E-state index in [-0.39, 0.29) is 12.4 Å². The quantitative estimate of drug-likeness (QED) is 0.624. The topological polar surface area (TPSA) is 52.3 Å². The van der Waals surface area contributed by atoms with E-state index >= 15 is 0 Å². The highest BCUT2D eigenvalue weighted by Gasteiger charge is 2.14. The standard InChI is InChI=1S/C16H15BrClNO2/c1-9-3-4-11(14(18)5-9)8-21-16-13(10(2)20)6-12(17)7-15(16)19/h3-7H,8,19H2,1-2H3. The smallest absolute Gasteiger partial charge is 0.163 e. The van der Waals surface area contributed by atoms with E-state index in [0.29, 0.717) is 22.0 Å². The zero-order valence-electron chi connectivity index (χ0n) is 11.7. The molecule has 2 aromatic carbocycles. The third-order valence-electron chi connectivity index (χ3n) is 3.04. The molecule has 0 aliphatic carbocycles. The maximum atomic E-state index is 11.7. The van der Waals surface area contributed by atoms with Crippen LogP contribution in [0.5, 0.6) is 5.75 Å². The van der Waals surface area contributed by atoms with Crippen molar-refractivity contribution in [3.63, 3.8) is 0 Å². The molecule has 0 heterocycles. The van der Waals surface area contributed by atoms with Gasteiger partial charge in [0.15, 0.2) is 11.5 Å². The van der Waals surface area contributed by atoms with Crippen molar-refractivity contribution in [3.8, 4) is 5.75 Å². The lowest BCUT2D eigenvalue weighted by atomic mass is 10.1. The Balaban J connectivity index is 2.29. The van der Waals surface area contributed by atoms with Crippen LogP contribution in [0.3, 0.4) is 0 Å². The van der Waals surface area contributed by atoms with Crippen LogP contribution in [0.15, 0.2) is 34.8 Å². The first-order valence-electron chi connectivity index (χ1n) is 6.36. The Morgan fingerprint density at radius 1 is 1.33 bits per heavy atom. The number of carbonyl (C=O) groups excluding carboxylic acids is 1. The number of aryl methyl sites for hydroxylation is 1. The van der Waals surface area contributed by atoms with Crippen molar-refractivity contribution < 1.29 is 9.53 Å². The lowest BCUT2D eigenvalue weighted by molar-refractivity contribution is 0.101. The van der Waals surface area contributed by atoms with Gasteiger partial charge >= 0.3 is 0 Å². The van der Waals surface area contributed by atoms with Crippen molar-refractivity contribution >= 4 is 39.0 Å². The summed E-state index contributed by atoms with van der Waals surface area (Å²) in [6.45, 7) is 3.70. The third-order valence-corrected chi connectivity index (χ3v) is 3.85. The second-order valence-electron chi connectivity index (χ2n) is 4.81. The van der Waals surface area contributed by atoms with Crippen LogP contribution in [-0.2, 0) is 6.61 Å². The molecule has 21 heavy (non-hydrogen) atoms. The Morgan fingerprint density at radius 2 is 2.05 bits per heavy atom. The molecule has 3 nitrogen and oxygen atoms in total. The SMILES string of the molecule is CC(=O)c1cc(Br)cc(N)c1OCc1ccc(C)cc1Cl. The van der Waals surface area contributed by atoms with Crippen LogP contribution in [0.2, 0.25) is 5.02 Å². The van der Waals surface area contributed by atoms with Crippen molar-refractivity contribution in [2.45, 2.75) is 20.5 Å². The molecule has 0 atom stereocenters. The van der Waals surface area contributed by atoms with Gasteiger partial charge in [0.25, 0.3) is 0 Å². The van der Waals surface area contributed by atoms with Gasteiger partial charge in [-0.1, -0.05) is 39.7 Å². The molecule has 0 spiro atoms. The number of nitrogens with two attached hydrogens (primary N) is 1. The van der Waals surface area contributed by atoms with Gasteiger partial charge in [-0.05, 0) is 37.6 Å². The second kappa shape index (κ2) is 6.50. The minimum atomic E-state index is -0.104. The van der Waals surface area contributed by atoms with E-state index in [1.807, 2.05) is 25.1 Å². The maximum absolute atomic E-state index is 11.7. The van der Waals surface area contributed by atoms with Gasteiger partial charge < -0.3 is 10.5 Å². The predicted octanol–water partition coefficient (Wildman–Crippen LogP) is 4.77. The first kappa shape index (κ1) is 15.9. The Labute approximate surface area is 137 Å². The zero-order chi connectivity index (χ0) is 15.6. The molecule has 2 aromatic rings. The first-order chi connectivity index (χ1) is 9.88. The average molecular weight is 369 g/mol. The van der Waals surface area contributed by atoms with Gasteiger partial charge in [0.1, 0.15) is 6.61 Å². The fraction of sp³-hybridized carbons (Fsp3) is 0.188. The summed E-state index contributed by atoms with van der Waals surface area (Å²) in [5, 5.41) is 0.634. The largest absolute Gasteiger partial charge is 0.486 e. The van der Waals surface area contributed by atoms with Crippen LogP contribution < -0.4 is 10.5 Å².